The molecule has 3 aromatic carbocycles. The van der Waals surface area contributed by atoms with Gasteiger partial charge in [-0.3, -0.25) is 9.89 Å². The number of carbonyl (C=O) groups excluding carboxylic acids is 1. The van der Waals surface area contributed by atoms with Gasteiger partial charge in [-0.1, -0.05) is 45.8 Å². The number of ether oxygens (including phenoxy) is 1. The van der Waals surface area contributed by atoms with Crippen LogP contribution in [0, 0.1) is 6.92 Å². The Morgan fingerprint density at radius 3 is 2.64 bits per heavy atom. The van der Waals surface area contributed by atoms with Crippen molar-refractivity contribution in [1.29, 1.82) is 0 Å². The maximum atomic E-state index is 12.3. The van der Waals surface area contributed by atoms with Crippen LogP contribution in [0.5, 0.6) is 11.5 Å². The second-order valence-corrected chi connectivity index (χ2v) is 8.28. The van der Waals surface area contributed by atoms with Crippen LogP contribution in [0.2, 0.25) is 0 Å². The minimum atomic E-state index is -0.447. The lowest BCUT2D eigenvalue weighted by atomic mass is 10.1. The molecule has 0 spiro atoms. The summed E-state index contributed by atoms with van der Waals surface area (Å²) in [6.07, 6.45) is 1.37. The molecule has 1 aromatic heterocycles. The maximum absolute atomic E-state index is 12.3. The third kappa shape index (κ3) is 5.87. The van der Waals surface area contributed by atoms with Gasteiger partial charge in [-0.25, -0.2) is 5.43 Å². The first-order valence-electron chi connectivity index (χ1n) is 10.1. The summed E-state index contributed by atoms with van der Waals surface area (Å²) in [5, 5.41) is 20.6. The van der Waals surface area contributed by atoms with Crippen molar-refractivity contribution in [2.24, 2.45) is 5.10 Å². The standard InChI is InChI=1S/C25H21BrN4O3/c1-16-2-4-17(5-3-16)15-33-21-9-6-18(7-10-21)22-13-23(29-28-22)25(32)30-27-14-19-12-20(26)8-11-24(19)31/h2-14,31H,15H2,1H3,(H,28,29)(H,30,32)/b27-14-. The molecule has 4 aromatic rings. The molecule has 0 unspecified atom stereocenters. The molecule has 166 valence electrons. The quantitative estimate of drug-likeness (QED) is 0.238. The van der Waals surface area contributed by atoms with Crippen LogP contribution in [0.15, 0.2) is 82.4 Å². The number of phenols is 1. The van der Waals surface area contributed by atoms with Gasteiger partial charge in [-0.05, 0) is 61.0 Å². The van der Waals surface area contributed by atoms with Gasteiger partial charge in [0.2, 0.25) is 0 Å². The molecule has 4 rings (SSSR count). The van der Waals surface area contributed by atoms with Gasteiger partial charge in [0.1, 0.15) is 23.8 Å². The number of benzene rings is 3. The van der Waals surface area contributed by atoms with E-state index in [1.165, 1.54) is 17.8 Å². The fourth-order valence-electron chi connectivity index (χ4n) is 3.01. The molecule has 0 atom stereocenters. The summed E-state index contributed by atoms with van der Waals surface area (Å²) in [6, 6.07) is 22.3. The highest BCUT2D eigenvalue weighted by Gasteiger charge is 2.11. The van der Waals surface area contributed by atoms with E-state index in [1.54, 1.807) is 18.2 Å². The summed E-state index contributed by atoms with van der Waals surface area (Å²) < 4.78 is 6.62. The SMILES string of the molecule is Cc1ccc(COc2ccc(-c3cc(C(=O)N/N=C\c4cc(Br)ccc4O)[nH]n3)cc2)cc1. The second kappa shape index (κ2) is 10.1. The fourth-order valence-corrected chi connectivity index (χ4v) is 3.39. The Hall–Kier alpha value is -3.91. The van der Waals surface area contributed by atoms with Crippen molar-refractivity contribution in [2.45, 2.75) is 13.5 Å². The number of aromatic hydroxyl groups is 1. The first-order valence-corrected chi connectivity index (χ1v) is 10.9. The maximum Gasteiger partial charge on any atom is 0.289 e. The summed E-state index contributed by atoms with van der Waals surface area (Å²) in [7, 11) is 0. The van der Waals surface area contributed by atoms with Crippen molar-refractivity contribution in [3.8, 4) is 22.8 Å². The zero-order valence-corrected chi connectivity index (χ0v) is 19.3. The Morgan fingerprint density at radius 2 is 1.88 bits per heavy atom. The van der Waals surface area contributed by atoms with Gasteiger partial charge in [0.15, 0.2) is 0 Å². The lowest BCUT2D eigenvalue weighted by Gasteiger charge is -2.07. The van der Waals surface area contributed by atoms with Gasteiger partial charge in [0.05, 0.1) is 11.9 Å². The number of nitrogens with one attached hydrogen (secondary N) is 2. The van der Waals surface area contributed by atoms with Crippen LogP contribution in [0.3, 0.4) is 0 Å². The number of H-pyrrole nitrogens is 1. The molecule has 0 aliphatic rings. The highest BCUT2D eigenvalue weighted by atomic mass is 79.9. The second-order valence-electron chi connectivity index (χ2n) is 7.37. The summed E-state index contributed by atoms with van der Waals surface area (Å²) in [5.74, 6) is 0.363. The minimum absolute atomic E-state index is 0.0614. The normalized spacial score (nSPS) is 11.0. The Morgan fingerprint density at radius 1 is 1.12 bits per heavy atom. The zero-order chi connectivity index (χ0) is 23.2. The number of hydrogen-bond donors (Lipinski definition) is 3. The van der Waals surface area contributed by atoms with Crippen molar-refractivity contribution >= 4 is 28.1 Å². The van der Waals surface area contributed by atoms with Crippen LogP contribution >= 0.6 is 15.9 Å². The molecular formula is C25H21BrN4O3. The van der Waals surface area contributed by atoms with Gasteiger partial charge >= 0.3 is 0 Å². The van der Waals surface area contributed by atoms with E-state index in [1.807, 2.05) is 36.4 Å². The van der Waals surface area contributed by atoms with Crippen molar-refractivity contribution in [1.82, 2.24) is 15.6 Å². The zero-order valence-electron chi connectivity index (χ0n) is 17.7. The number of aryl methyl sites for hydroxylation is 1. The summed E-state index contributed by atoms with van der Waals surface area (Å²) >= 11 is 3.32. The number of hydrogen-bond acceptors (Lipinski definition) is 5. The third-order valence-electron chi connectivity index (χ3n) is 4.86. The van der Waals surface area contributed by atoms with E-state index < -0.39 is 5.91 Å². The molecule has 0 aliphatic carbocycles. The van der Waals surface area contributed by atoms with Crippen molar-refractivity contribution in [2.75, 3.05) is 0 Å². The lowest BCUT2D eigenvalue weighted by Crippen LogP contribution is -2.18. The molecule has 0 saturated heterocycles. The van der Waals surface area contributed by atoms with E-state index in [0.717, 1.165) is 21.3 Å². The molecule has 7 nitrogen and oxygen atoms in total. The molecule has 8 heteroatoms. The Bertz CT molecular complexity index is 1280. The molecule has 0 fully saturated rings. The predicted molar refractivity (Wildman–Crippen MR) is 130 cm³/mol. The van der Waals surface area contributed by atoms with Gasteiger partial charge in [-0.15, -0.1) is 0 Å². The summed E-state index contributed by atoms with van der Waals surface area (Å²) in [4.78, 5) is 12.3. The first-order chi connectivity index (χ1) is 16.0. The molecule has 3 N–H and O–H groups in total. The lowest BCUT2D eigenvalue weighted by molar-refractivity contribution is 0.0950. The van der Waals surface area contributed by atoms with E-state index in [9.17, 15) is 9.90 Å². The van der Waals surface area contributed by atoms with Crippen LogP contribution in [0.25, 0.3) is 11.3 Å². The van der Waals surface area contributed by atoms with Gasteiger partial charge in [-0.2, -0.15) is 10.2 Å². The summed E-state index contributed by atoms with van der Waals surface area (Å²) in [5.41, 5.74) is 6.94. The average Bonchev–Trinajstić information content (AvgIpc) is 3.32. The van der Waals surface area contributed by atoms with E-state index in [0.29, 0.717) is 17.9 Å². The number of hydrazone groups is 1. The molecule has 1 heterocycles. The van der Waals surface area contributed by atoms with E-state index in [-0.39, 0.29) is 11.4 Å². The summed E-state index contributed by atoms with van der Waals surface area (Å²) in [6.45, 7) is 2.54. The molecule has 1 amide bonds. The minimum Gasteiger partial charge on any atom is -0.507 e. The van der Waals surface area contributed by atoms with Crippen molar-refractivity contribution in [3.05, 3.63) is 99.7 Å². The average molecular weight is 505 g/mol. The first kappa shape index (κ1) is 22.3. The van der Waals surface area contributed by atoms with Crippen LogP contribution in [-0.4, -0.2) is 27.4 Å². The van der Waals surface area contributed by atoms with E-state index in [4.69, 9.17) is 4.74 Å². The molecule has 0 radical (unpaired) electrons. The van der Waals surface area contributed by atoms with Gasteiger partial charge in [0, 0.05) is 15.6 Å². The number of amides is 1. The van der Waals surface area contributed by atoms with Gasteiger partial charge in [0.25, 0.3) is 5.91 Å². The predicted octanol–water partition coefficient (Wildman–Crippen LogP) is 5.20. The van der Waals surface area contributed by atoms with Crippen LogP contribution in [-0.2, 0) is 6.61 Å². The number of carbonyl (C=O) groups is 1. The number of nitrogens with zero attached hydrogens (tertiary/aromatic N) is 2. The topological polar surface area (TPSA) is 99.6 Å². The van der Waals surface area contributed by atoms with Crippen LogP contribution in [0.4, 0.5) is 0 Å². The van der Waals surface area contributed by atoms with Crippen LogP contribution in [0.1, 0.15) is 27.2 Å². The fraction of sp³-hybridized carbons (Fsp3) is 0.0800. The number of halogens is 1. The smallest absolute Gasteiger partial charge is 0.289 e. The number of aromatic amines is 1. The molecule has 0 bridgehead atoms. The van der Waals surface area contributed by atoms with Crippen LogP contribution < -0.4 is 10.2 Å². The molecule has 0 aliphatic heterocycles. The van der Waals surface area contributed by atoms with Crippen molar-refractivity contribution < 1.29 is 14.6 Å². The van der Waals surface area contributed by atoms with E-state index >= 15 is 0 Å². The largest absolute Gasteiger partial charge is 0.507 e. The highest BCUT2D eigenvalue weighted by Crippen LogP contribution is 2.22. The Labute approximate surface area is 199 Å². The monoisotopic (exact) mass is 504 g/mol. The van der Waals surface area contributed by atoms with Crippen molar-refractivity contribution in [3.63, 3.8) is 0 Å². The molecule has 33 heavy (non-hydrogen) atoms. The number of phenolic OH excluding ortho intramolecular Hbond substituents is 1. The molecule has 0 saturated carbocycles. The van der Waals surface area contributed by atoms with Gasteiger partial charge < -0.3 is 9.84 Å². The number of aromatic nitrogens is 2. The van der Waals surface area contributed by atoms with E-state index in [2.05, 4.69) is 55.7 Å². The Balaban J connectivity index is 1.35. The third-order valence-corrected chi connectivity index (χ3v) is 5.35. The number of rotatable bonds is 7. The highest BCUT2D eigenvalue weighted by molar-refractivity contribution is 9.10. The molecular weight excluding hydrogens is 484 g/mol. The Kier molecular flexibility index (Phi) is 6.85.